The maximum atomic E-state index is 13.7. The largest absolute Gasteiger partial charge is 0.307 e. The minimum Gasteiger partial charge on any atom is -0.307 e. The molecule has 1 heterocycles. The van der Waals surface area contributed by atoms with E-state index >= 15 is 0 Å². The average Bonchev–Trinajstić information content (AvgIpc) is 2.38. The molecule has 0 bridgehead atoms. The van der Waals surface area contributed by atoms with E-state index in [1.54, 1.807) is 6.92 Å². The topological polar surface area (TPSA) is 49.4 Å². The molecule has 1 aliphatic rings. The zero-order valence-corrected chi connectivity index (χ0v) is 13.0. The van der Waals surface area contributed by atoms with Crippen molar-refractivity contribution < 1.29 is 17.2 Å². The molecule has 1 aromatic carbocycles. The molecule has 0 amide bonds. The second-order valence-electron chi connectivity index (χ2n) is 5.46. The van der Waals surface area contributed by atoms with Crippen LogP contribution in [-0.4, -0.2) is 38.1 Å². The Morgan fingerprint density at radius 3 is 2.24 bits per heavy atom. The van der Waals surface area contributed by atoms with Gasteiger partial charge in [-0.15, -0.1) is 0 Å². The minimum absolute atomic E-state index is 0.0306. The Hall–Kier alpha value is -1.05. The fraction of sp³-hybridized carbons (Fsp3) is 0.571. The van der Waals surface area contributed by atoms with E-state index in [9.17, 15) is 17.2 Å². The monoisotopic (exact) mass is 318 g/mol. The molecule has 2 rings (SSSR count). The molecule has 1 atom stereocenters. The fourth-order valence-electron chi connectivity index (χ4n) is 2.72. The van der Waals surface area contributed by atoms with Crippen molar-refractivity contribution in [2.45, 2.75) is 31.8 Å². The molecule has 1 aromatic rings. The van der Waals surface area contributed by atoms with Gasteiger partial charge in [-0.2, -0.15) is 0 Å². The van der Waals surface area contributed by atoms with E-state index in [0.717, 1.165) is 0 Å². The predicted molar refractivity (Wildman–Crippen MR) is 77.3 cm³/mol. The molecular formula is C14H20F2N2O2S. The SMILES string of the molecule is CC(NC1CCN(S(C)(=O)=O)CC1)c1c(F)cccc1F. The minimum atomic E-state index is -3.16. The number of hydrogen-bond acceptors (Lipinski definition) is 3. The van der Waals surface area contributed by atoms with Gasteiger partial charge in [0.1, 0.15) is 11.6 Å². The molecule has 0 aromatic heterocycles. The lowest BCUT2D eigenvalue weighted by molar-refractivity contribution is 0.275. The van der Waals surface area contributed by atoms with E-state index in [2.05, 4.69) is 5.32 Å². The van der Waals surface area contributed by atoms with Crippen LogP contribution in [-0.2, 0) is 10.0 Å². The number of benzene rings is 1. The number of rotatable bonds is 4. The molecule has 4 nitrogen and oxygen atoms in total. The van der Waals surface area contributed by atoms with Crippen LogP contribution < -0.4 is 5.32 Å². The summed E-state index contributed by atoms with van der Waals surface area (Å²) in [7, 11) is -3.16. The Morgan fingerprint density at radius 1 is 1.24 bits per heavy atom. The summed E-state index contributed by atoms with van der Waals surface area (Å²) < 4.78 is 51.7. The summed E-state index contributed by atoms with van der Waals surface area (Å²) in [6.45, 7) is 2.58. The van der Waals surface area contributed by atoms with Gasteiger partial charge in [0.05, 0.1) is 6.26 Å². The van der Waals surface area contributed by atoms with Crippen LogP contribution in [0.2, 0.25) is 0 Å². The van der Waals surface area contributed by atoms with Crippen molar-refractivity contribution in [2.75, 3.05) is 19.3 Å². The molecule has 0 aliphatic carbocycles. The van der Waals surface area contributed by atoms with Gasteiger partial charge in [0.25, 0.3) is 0 Å². The highest BCUT2D eigenvalue weighted by Gasteiger charge is 2.26. The highest BCUT2D eigenvalue weighted by molar-refractivity contribution is 7.88. The quantitative estimate of drug-likeness (QED) is 0.924. The first-order chi connectivity index (χ1) is 9.79. The molecule has 0 radical (unpaired) electrons. The van der Waals surface area contributed by atoms with Crippen LogP contribution in [0.25, 0.3) is 0 Å². The van der Waals surface area contributed by atoms with Gasteiger partial charge in [-0.1, -0.05) is 6.07 Å². The third-order valence-corrected chi connectivity index (χ3v) is 5.14. The van der Waals surface area contributed by atoms with Gasteiger partial charge in [-0.05, 0) is 31.9 Å². The van der Waals surface area contributed by atoms with E-state index in [1.165, 1.54) is 28.8 Å². The Morgan fingerprint density at radius 2 is 1.76 bits per heavy atom. The molecule has 1 aliphatic heterocycles. The van der Waals surface area contributed by atoms with E-state index < -0.39 is 27.7 Å². The molecule has 1 fully saturated rings. The third kappa shape index (κ3) is 3.99. The van der Waals surface area contributed by atoms with Crippen LogP contribution in [0, 0.1) is 11.6 Å². The number of nitrogens with zero attached hydrogens (tertiary/aromatic N) is 1. The summed E-state index contributed by atoms with van der Waals surface area (Å²) in [6.07, 6.45) is 2.46. The summed E-state index contributed by atoms with van der Waals surface area (Å²) in [5.74, 6) is -1.13. The summed E-state index contributed by atoms with van der Waals surface area (Å²) in [5.41, 5.74) is 0.0306. The van der Waals surface area contributed by atoms with E-state index in [4.69, 9.17) is 0 Å². The van der Waals surface area contributed by atoms with Crippen molar-refractivity contribution in [1.82, 2.24) is 9.62 Å². The molecule has 1 N–H and O–H groups in total. The van der Waals surface area contributed by atoms with Crippen molar-refractivity contribution in [3.8, 4) is 0 Å². The Kier molecular flexibility index (Phi) is 4.95. The summed E-state index contributed by atoms with van der Waals surface area (Å²) in [5, 5.41) is 3.19. The van der Waals surface area contributed by atoms with E-state index in [1.807, 2.05) is 0 Å². The lowest BCUT2D eigenvalue weighted by atomic mass is 10.0. The first-order valence-electron chi connectivity index (χ1n) is 6.94. The maximum absolute atomic E-state index is 13.7. The molecular weight excluding hydrogens is 298 g/mol. The van der Waals surface area contributed by atoms with Crippen molar-refractivity contribution in [2.24, 2.45) is 0 Å². The predicted octanol–water partition coefficient (Wildman–Crippen LogP) is 2.04. The standard InChI is InChI=1S/C14H20F2N2O2S/c1-10(14-12(15)4-3-5-13(14)16)17-11-6-8-18(9-7-11)21(2,19)20/h3-5,10-11,17H,6-9H2,1-2H3. The lowest BCUT2D eigenvalue weighted by Crippen LogP contribution is -2.45. The second kappa shape index (κ2) is 6.37. The number of piperidine rings is 1. The van der Waals surface area contributed by atoms with Crippen LogP contribution in [0.15, 0.2) is 18.2 Å². The van der Waals surface area contributed by atoms with Crippen LogP contribution in [0.3, 0.4) is 0 Å². The van der Waals surface area contributed by atoms with Crippen LogP contribution in [0.5, 0.6) is 0 Å². The van der Waals surface area contributed by atoms with Gasteiger partial charge in [-0.3, -0.25) is 0 Å². The summed E-state index contributed by atoms with van der Waals surface area (Å²) in [6, 6.07) is 3.41. The van der Waals surface area contributed by atoms with Gasteiger partial charge < -0.3 is 5.32 Å². The number of halogens is 2. The average molecular weight is 318 g/mol. The molecule has 1 unspecified atom stereocenters. The normalized spacial score (nSPS) is 19.6. The van der Waals surface area contributed by atoms with Gasteiger partial charge in [-0.25, -0.2) is 21.5 Å². The van der Waals surface area contributed by atoms with Gasteiger partial charge in [0.2, 0.25) is 10.0 Å². The molecule has 118 valence electrons. The van der Waals surface area contributed by atoms with Gasteiger partial charge >= 0.3 is 0 Å². The second-order valence-corrected chi connectivity index (χ2v) is 7.44. The number of sulfonamides is 1. The summed E-state index contributed by atoms with van der Waals surface area (Å²) in [4.78, 5) is 0. The van der Waals surface area contributed by atoms with E-state index in [-0.39, 0.29) is 11.6 Å². The highest BCUT2D eigenvalue weighted by atomic mass is 32.2. The van der Waals surface area contributed by atoms with Crippen molar-refractivity contribution in [3.63, 3.8) is 0 Å². The molecule has 7 heteroatoms. The number of nitrogens with one attached hydrogen (secondary N) is 1. The molecule has 0 spiro atoms. The maximum Gasteiger partial charge on any atom is 0.211 e. The van der Waals surface area contributed by atoms with Crippen molar-refractivity contribution in [1.29, 1.82) is 0 Å². The Balaban J connectivity index is 1.98. The zero-order valence-electron chi connectivity index (χ0n) is 12.1. The van der Waals surface area contributed by atoms with E-state index in [0.29, 0.717) is 25.9 Å². The Labute approximate surface area is 124 Å². The van der Waals surface area contributed by atoms with Crippen LogP contribution in [0.4, 0.5) is 8.78 Å². The third-order valence-electron chi connectivity index (χ3n) is 3.84. The summed E-state index contributed by atoms with van der Waals surface area (Å²) >= 11 is 0. The molecule has 1 saturated heterocycles. The van der Waals surface area contributed by atoms with Crippen molar-refractivity contribution in [3.05, 3.63) is 35.4 Å². The van der Waals surface area contributed by atoms with Gasteiger partial charge in [0, 0.05) is 30.7 Å². The van der Waals surface area contributed by atoms with Crippen molar-refractivity contribution >= 4 is 10.0 Å². The fourth-order valence-corrected chi connectivity index (χ4v) is 3.59. The smallest absolute Gasteiger partial charge is 0.211 e. The Bertz CT molecular complexity index is 579. The first kappa shape index (κ1) is 16.3. The highest BCUT2D eigenvalue weighted by Crippen LogP contribution is 2.23. The van der Waals surface area contributed by atoms with Gasteiger partial charge in [0.15, 0.2) is 0 Å². The molecule has 0 saturated carbocycles. The first-order valence-corrected chi connectivity index (χ1v) is 8.79. The zero-order chi connectivity index (χ0) is 15.6. The number of hydrogen-bond donors (Lipinski definition) is 1. The lowest BCUT2D eigenvalue weighted by Gasteiger charge is -2.32. The molecule has 21 heavy (non-hydrogen) atoms. The van der Waals surface area contributed by atoms with Crippen LogP contribution >= 0.6 is 0 Å². The van der Waals surface area contributed by atoms with Crippen LogP contribution in [0.1, 0.15) is 31.4 Å².